The van der Waals surface area contributed by atoms with Crippen molar-refractivity contribution in [2.75, 3.05) is 88.4 Å². The fraction of sp³-hybridized carbons (Fsp3) is 0.421. The van der Waals surface area contributed by atoms with Gasteiger partial charge in [-0.05, 0) is 91.2 Å². The predicted octanol–water partition coefficient (Wildman–Crippen LogP) is 6.64. The summed E-state index contributed by atoms with van der Waals surface area (Å²) in [5.74, 6) is 1.80. The number of nitrogens with two attached hydrogens (primary N) is 1. The molecule has 4 aliphatic heterocycles. The maximum absolute atomic E-state index is 13.9. The van der Waals surface area contributed by atoms with E-state index < -0.39 is 0 Å². The van der Waals surface area contributed by atoms with Gasteiger partial charge >= 0.3 is 6.01 Å². The zero-order valence-corrected chi connectivity index (χ0v) is 44.1. The number of piperidine rings is 1. The number of carbonyl (C=O) groups is 2. The number of phenolic OH excluding ortho intramolecular Hbond substituents is 2. The van der Waals surface area contributed by atoms with E-state index in [0.29, 0.717) is 92.6 Å². The van der Waals surface area contributed by atoms with Gasteiger partial charge in [-0.25, -0.2) is 0 Å². The topological polar surface area (TPSA) is 210 Å². The number of amides is 2. The third kappa shape index (κ3) is 10.9. The summed E-state index contributed by atoms with van der Waals surface area (Å²) >= 11 is 6.80. The van der Waals surface area contributed by atoms with Crippen LogP contribution in [0.15, 0.2) is 85.5 Å². The average Bonchev–Trinajstić information content (AvgIpc) is 3.87. The first-order chi connectivity index (χ1) is 36.9. The lowest BCUT2D eigenvalue weighted by atomic mass is 9.94. The summed E-state index contributed by atoms with van der Waals surface area (Å²) in [6.07, 6.45) is 3.82. The fourth-order valence-electron chi connectivity index (χ4n) is 11.4. The van der Waals surface area contributed by atoms with E-state index in [-0.39, 0.29) is 54.2 Å². The quantitative estimate of drug-likeness (QED) is 0.0922. The molecule has 18 nitrogen and oxygen atoms in total. The number of piperazine rings is 2. The van der Waals surface area contributed by atoms with Gasteiger partial charge in [0.15, 0.2) is 11.6 Å². The Bertz CT molecular complexity index is 3140. The first-order valence-electron chi connectivity index (χ1n) is 26.4. The maximum atomic E-state index is 13.9. The molecule has 4 N–H and O–H groups in total. The molecule has 0 aliphatic carbocycles. The third-order valence-corrected chi connectivity index (χ3v) is 15.9. The van der Waals surface area contributed by atoms with E-state index in [4.69, 9.17) is 32.0 Å². The molecule has 2 aromatic heterocycles. The minimum absolute atomic E-state index is 0.00704. The summed E-state index contributed by atoms with van der Waals surface area (Å²) in [6, 6.07) is 25.7. The van der Waals surface area contributed by atoms with Crippen LogP contribution in [0.25, 0.3) is 27.8 Å². The Morgan fingerprint density at radius 2 is 1.67 bits per heavy atom. The molecular weight excluding hydrogens is 982 g/mol. The van der Waals surface area contributed by atoms with Crippen LogP contribution in [0.2, 0.25) is 5.02 Å². The van der Waals surface area contributed by atoms with Gasteiger partial charge in [0, 0.05) is 99.8 Å². The second-order valence-electron chi connectivity index (χ2n) is 20.5. The van der Waals surface area contributed by atoms with Gasteiger partial charge in [-0.2, -0.15) is 15.2 Å². The van der Waals surface area contributed by atoms with Crippen molar-refractivity contribution >= 4 is 45.7 Å². The first kappa shape index (κ1) is 52.2. The standard InChI is InChI=1S/C57H66ClN13O5/c1-4-52(74)70-28-27-69(35-42(70)15-19-59)54-43-18-22-68(48-10-6-8-39-7-5-9-46(58)53(39)48)36-47(43)61-57(62-54)76-30-29-65-23-25-67(26-24-65)56(75)40-16-20-66(21-17-40)34-38-11-13-41(14-12-38)71-51(33-60)63-64-55(71)45-31-44(37(2)3)49(72)32-50(45)73/h4-14,31-32,37,40,42,72-73H,1,15-18,20-30,33-36,60H2,2-3H3/t42-/m0/s1. The summed E-state index contributed by atoms with van der Waals surface area (Å²) in [6.45, 7) is 16.8. The predicted molar refractivity (Wildman–Crippen MR) is 293 cm³/mol. The fourth-order valence-corrected chi connectivity index (χ4v) is 11.7. The molecule has 3 fully saturated rings. The molecule has 0 saturated carbocycles. The van der Waals surface area contributed by atoms with E-state index in [2.05, 4.69) is 78.8 Å². The summed E-state index contributed by atoms with van der Waals surface area (Å²) in [5, 5.41) is 42.5. The van der Waals surface area contributed by atoms with Crippen molar-refractivity contribution in [1.29, 1.82) is 5.26 Å². The Labute approximate surface area is 448 Å². The number of aromatic hydroxyl groups is 2. The molecule has 3 saturated heterocycles. The number of benzene rings is 4. The van der Waals surface area contributed by atoms with Crippen LogP contribution in [0.4, 0.5) is 11.5 Å². The molecule has 0 radical (unpaired) electrons. The number of nitriles is 1. The maximum Gasteiger partial charge on any atom is 0.318 e. The molecule has 19 heteroatoms. The van der Waals surface area contributed by atoms with Gasteiger partial charge in [0.2, 0.25) is 11.8 Å². The lowest BCUT2D eigenvalue weighted by Gasteiger charge is -2.42. The van der Waals surface area contributed by atoms with Crippen LogP contribution in [0.1, 0.15) is 67.2 Å². The summed E-state index contributed by atoms with van der Waals surface area (Å²) < 4.78 is 8.26. The highest BCUT2D eigenvalue weighted by molar-refractivity contribution is 6.36. The number of rotatable bonds is 15. The van der Waals surface area contributed by atoms with Gasteiger partial charge in [-0.15, -0.1) is 10.2 Å². The number of ether oxygens (including phenoxy) is 1. The van der Waals surface area contributed by atoms with Crippen LogP contribution in [-0.2, 0) is 35.6 Å². The normalized spacial score (nSPS) is 17.8. The summed E-state index contributed by atoms with van der Waals surface area (Å²) in [7, 11) is 0. The highest BCUT2D eigenvalue weighted by Crippen LogP contribution is 2.40. The molecule has 6 heterocycles. The van der Waals surface area contributed by atoms with E-state index in [9.17, 15) is 25.1 Å². The number of fused-ring (bicyclic) bond motifs is 2. The van der Waals surface area contributed by atoms with Crippen molar-refractivity contribution in [3.63, 3.8) is 0 Å². The van der Waals surface area contributed by atoms with Crippen LogP contribution in [0, 0.1) is 17.2 Å². The van der Waals surface area contributed by atoms with E-state index in [1.54, 1.807) is 11.0 Å². The van der Waals surface area contributed by atoms with Crippen molar-refractivity contribution in [3.8, 4) is 40.7 Å². The lowest BCUT2D eigenvalue weighted by Crippen LogP contribution is -2.55. The number of hydrogen-bond donors (Lipinski definition) is 3. The highest BCUT2D eigenvalue weighted by Gasteiger charge is 2.35. The molecule has 0 spiro atoms. The van der Waals surface area contributed by atoms with Gasteiger partial charge < -0.3 is 40.3 Å². The monoisotopic (exact) mass is 1050 g/mol. The van der Waals surface area contributed by atoms with Gasteiger partial charge in [0.1, 0.15) is 23.9 Å². The Balaban J connectivity index is 0.735. The van der Waals surface area contributed by atoms with E-state index in [0.717, 1.165) is 96.9 Å². The molecule has 10 rings (SSSR count). The number of phenols is 2. The summed E-state index contributed by atoms with van der Waals surface area (Å²) in [5.41, 5.74) is 12.2. The number of nitrogens with zero attached hydrogens (tertiary/aromatic N) is 12. The Morgan fingerprint density at radius 3 is 2.39 bits per heavy atom. The van der Waals surface area contributed by atoms with Crippen molar-refractivity contribution in [1.82, 2.24) is 44.3 Å². The van der Waals surface area contributed by atoms with E-state index in [1.165, 1.54) is 12.1 Å². The highest BCUT2D eigenvalue weighted by atomic mass is 35.5. The molecular formula is C57H66ClN13O5. The van der Waals surface area contributed by atoms with Crippen molar-refractivity contribution in [2.24, 2.45) is 11.7 Å². The molecule has 396 valence electrons. The largest absolute Gasteiger partial charge is 0.508 e. The van der Waals surface area contributed by atoms with Crippen molar-refractivity contribution in [2.45, 2.75) is 71.1 Å². The first-order valence-corrected chi connectivity index (χ1v) is 26.8. The molecule has 6 aromatic rings. The van der Waals surface area contributed by atoms with Crippen LogP contribution in [0.5, 0.6) is 17.5 Å². The number of anilines is 2. The van der Waals surface area contributed by atoms with Gasteiger partial charge in [-0.3, -0.25) is 24.0 Å². The summed E-state index contributed by atoms with van der Waals surface area (Å²) in [4.78, 5) is 49.7. The Hall–Kier alpha value is -7.30. The molecule has 2 amide bonds. The average molecular weight is 1050 g/mol. The van der Waals surface area contributed by atoms with E-state index in [1.807, 2.05) is 47.6 Å². The lowest BCUT2D eigenvalue weighted by molar-refractivity contribution is -0.139. The number of carbonyl (C=O) groups excluding carboxylic acids is 2. The van der Waals surface area contributed by atoms with Crippen LogP contribution in [-0.4, -0.2) is 151 Å². The number of aromatic nitrogens is 5. The van der Waals surface area contributed by atoms with Crippen LogP contribution < -0.4 is 20.3 Å². The number of likely N-dealkylation sites (tertiary alicyclic amines) is 1. The molecule has 1 atom stereocenters. The molecule has 0 bridgehead atoms. The van der Waals surface area contributed by atoms with Gasteiger partial charge in [0.25, 0.3) is 0 Å². The Kier molecular flexibility index (Phi) is 15.7. The van der Waals surface area contributed by atoms with Crippen LogP contribution >= 0.6 is 11.6 Å². The number of hydrogen-bond acceptors (Lipinski definition) is 15. The van der Waals surface area contributed by atoms with E-state index >= 15 is 0 Å². The second kappa shape index (κ2) is 22.9. The molecule has 76 heavy (non-hydrogen) atoms. The zero-order valence-electron chi connectivity index (χ0n) is 43.3. The minimum Gasteiger partial charge on any atom is -0.508 e. The zero-order chi connectivity index (χ0) is 53.0. The van der Waals surface area contributed by atoms with Crippen LogP contribution in [0.3, 0.4) is 0 Å². The second-order valence-corrected chi connectivity index (χ2v) is 20.9. The minimum atomic E-state index is -0.309. The van der Waals surface area contributed by atoms with Crippen molar-refractivity contribution < 1.29 is 24.5 Å². The molecule has 4 aromatic carbocycles. The van der Waals surface area contributed by atoms with Gasteiger partial charge in [0.05, 0.1) is 47.9 Å². The molecule has 4 aliphatic rings. The smallest absolute Gasteiger partial charge is 0.318 e. The number of halogens is 1. The van der Waals surface area contributed by atoms with Crippen molar-refractivity contribution in [3.05, 3.63) is 119 Å². The third-order valence-electron chi connectivity index (χ3n) is 15.5. The molecule has 0 unspecified atom stereocenters. The van der Waals surface area contributed by atoms with Gasteiger partial charge in [-0.1, -0.05) is 68.4 Å². The Morgan fingerprint density at radius 1 is 0.908 bits per heavy atom. The SMILES string of the molecule is C=CC(=O)N1CCN(c2nc(OCCN3CCN(C(=O)C4CCN(Cc5ccc(-n6c(CN)nnc6-c6cc(C(C)C)c(O)cc6O)cc5)CC4)CC3)nc3c2CCN(c2cccc4cccc(Cl)c24)C3)C[C@@H]1CC#N.